The highest BCUT2D eigenvalue weighted by Gasteiger charge is 2.30. The van der Waals surface area contributed by atoms with Crippen LogP contribution >= 0.6 is 0 Å². The number of halogens is 3. The predicted molar refractivity (Wildman–Crippen MR) is 115 cm³/mol. The molecule has 5 nitrogen and oxygen atoms in total. The largest absolute Gasteiger partial charge is 0.457 e. The zero-order valence-corrected chi connectivity index (χ0v) is 17.9. The van der Waals surface area contributed by atoms with E-state index in [0.29, 0.717) is 29.1 Å². The fourth-order valence-electron chi connectivity index (χ4n) is 3.05. The van der Waals surface area contributed by atoms with Crippen molar-refractivity contribution in [3.63, 3.8) is 0 Å². The summed E-state index contributed by atoms with van der Waals surface area (Å²) < 4.78 is 49.5. The molecule has 1 heterocycles. The first-order valence-corrected chi connectivity index (χ1v) is 9.91. The van der Waals surface area contributed by atoms with E-state index in [0.717, 1.165) is 17.8 Å². The minimum absolute atomic E-state index is 0.0149. The molecule has 0 saturated carbocycles. The van der Waals surface area contributed by atoms with Gasteiger partial charge in [-0.1, -0.05) is 12.1 Å². The summed E-state index contributed by atoms with van der Waals surface area (Å²) in [7, 11) is 1.63. The maximum Gasteiger partial charge on any atom is 0.416 e. The summed E-state index contributed by atoms with van der Waals surface area (Å²) in [6.07, 6.45) is -3.81. The van der Waals surface area contributed by atoms with Crippen molar-refractivity contribution >= 4 is 11.6 Å². The third-order valence-corrected chi connectivity index (χ3v) is 4.78. The van der Waals surface area contributed by atoms with Gasteiger partial charge in [0.1, 0.15) is 11.5 Å². The van der Waals surface area contributed by atoms with Crippen molar-refractivity contribution in [2.45, 2.75) is 32.5 Å². The second-order valence-electron chi connectivity index (χ2n) is 7.30. The van der Waals surface area contributed by atoms with Crippen LogP contribution in [0.4, 0.5) is 18.9 Å². The summed E-state index contributed by atoms with van der Waals surface area (Å²) in [5, 5.41) is 2.77. The van der Waals surface area contributed by atoms with E-state index in [4.69, 9.17) is 9.47 Å². The average molecular weight is 444 g/mol. The Morgan fingerprint density at radius 3 is 2.41 bits per heavy atom. The number of hydrogen-bond acceptors (Lipinski definition) is 4. The fourth-order valence-corrected chi connectivity index (χ4v) is 3.05. The number of hydrogen-bond donors (Lipinski definition) is 1. The first-order valence-electron chi connectivity index (χ1n) is 9.91. The average Bonchev–Trinajstić information content (AvgIpc) is 2.73. The number of aromatic nitrogens is 1. The summed E-state index contributed by atoms with van der Waals surface area (Å²) in [6, 6.07) is 14.5. The van der Waals surface area contributed by atoms with Gasteiger partial charge in [0.2, 0.25) is 0 Å². The molecule has 0 aliphatic rings. The number of carbonyl (C=O) groups is 1. The van der Waals surface area contributed by atoms with E-state index in [1.165, 1.54) is 18.2 Å². The monoisotopic (exact) mass is 444 g/mol. The van der Waals surface area contributed by atoms with Gasteiger partial charge in [-0.3, -0.25) is 9.78 Å². The lowest BCUT2D eigenvalue weighted by molar-refractivity contribution is -0.137. The van der Waals surface area contributed by atoms with Crippen LogP contribution in [-0.2, 0) is 17.3 Å². The third kappa shape index (κ3) is 6.07. The standard InChI is InChI=1S/C24H23F3N2O3/c1-15(31-3)12-19-10-11-22(16(2)28-19)23(30)29-18-7-5-9-21(14-18)32-20-8-4-6-17(13-20)24(25,26)27/h4-11,13-15H,12H2,1-3H3,(H,29,30). The number of ether oxygens (including phenoxy) is 2. The van der Waals surface area contributed by atoms with Crippen LogP contribution in [0, 0.1) is 6.92 Å². The number of carbonyl (C=O) groups excluding carboxylic acids is 1. The number of nitrogens with zero attached hydrogens (tertiary/aromatic N) is 1. The Bertz CT molecular complexity index is 1100. The van der Waals surface area contributed by atoms with Crippen LogP contribution in [0.1, 0.15) is 34.2 Å². The maximum absolute atomic E-state index is 12.9. The number of alkyl halides is 3. The zero-order valence-electron chi connectivity index (χ0n) is 17.9. The molecule has 1 amide bonds. The van der Waals surface area contributed by atoms with Gasteiger partial charge in [-0.15, -0.1) is 0 Å². The van der Waals surface area contributed by atoms with Crippen LogP contribution in [0.3, 0.4) is 0 Å². The van der Waals surface area contributed by atoms with E-state index in [9.17, 15) is 18.0 Å². The van der Waals surface area contributed by atoms with Crippen LogP contribution < -0.4 is 10.1 Å². The molecule has 0 saturated heterocycles. The molecule has 0 spiro atoms. The van der Waals surface area contributed by atoms with Gasteiger partial charge < -0.3 is 14.8 Å². The van der Waals surface area contributed by atoms with Crippen LogP contribution in [-0.4, -0.2) is 24.1 Å². The lowest BCUT2D eigenvalue weighted by atomic mass is 10.1. The molecule has 3 rings (SSSR count). The first kappa shape index (κ1) is 23.3. The topological polar surface area (TPSA) is 60.5 Å². The van der Waals surface area contributed by atoms with Crippen molar-refractivity contribution in [2.24, 2.45) is 0 Å². The van der Waals surface area contributed by atoms with Gasteiger partial charge in [-0.2, -0.15) is 13.2 Å². The highest BCUT2D eigenvalue weighted by Crippen LogP contribution is 2.33. The molecule has 1 atom stereocenters. The highest BCUT2D eigenvalue weighted by molar-refractivity contribution is 6.05. The van der Waals surface area contributed by atoms with E-state index < -0.39 is 11.7 Å². The molecule has 2 aromatic carbocycles. The highest BCUT2D eigenvalue weighted by atomic mass is 19.4. The van der Waals surface area contributed by atoms with Crippen molar-refractivity contribution in [3.8, 4) is 11.5 Å². The minimum atomic E-state index is -4.46. The van der Waals surface area contributed by atoms with Crippen molar-refractivity contribution in [1.29, 1.82) is 0 Å². The van der Waals surface area contributed by atoms with Gasteiger partial charge in [-0.05, 0) is 56.3 Å². The van der Waals surface area contributed by atoms with Crippen LogP contribution in [0.2, 0.25) is 0 Å². The van der Waals surface area contributed by atoms with Crippen LogP contribution in [0.25, 0.3) is 0 Å². The summed E-state index contributed by atoms with van der Waals surface area (Å²) in [4.78, 5) is 17.2. The normalized spacial score (nSPS) is 12.3. The van der Waals surface area contributed by atoms with Crippen LogP contribution in [0.15, 0.2) is 60.7 Å². The number of methoxy groups -OCH3 is 1. The fraction of sp³-hybridized carbons (Fsp3) is 0.250. The third-order valence-electron chi connectivity index (χ3n) is 4.78. The number of aryl methyl sites for hydroxylation is 1. The van der Waals surface area contributed by atoms with Crippen molar-refractivity contribution in [2.75, 3.05) is 12.4 Å². The Morgan fingerprint density at radius 2 is 1.75 bits per heavy atom. The Hall–Kier alpha value is -3.39. The molecule has 0 aliphatic carbocycles. The number of nitrogens with one attached hydrogen (secondary N) is 1. The Morgan fingerprint density at radius 1 is 1.06 bits per heavy atom. The van der Waals surface area contributed by atoms with Crippen molar-refractivity contribution in [1.82, 2.24) is 4.98 Å². The lowest BCUT2D eigenvalue weighted by Crippen LogP contribution is -2.16. The number of anilines is 1. The first-order chi connectivity index (χ1) is 15.2. The van der Waals surface area contributed by atoms with Gasteiger partial charge in [0.05, 0.1) is 22.9 Å². The second-order valence-corrected chi connectivity index (χ2v) is 7.30. The molecule has 0 fully saturated rings. The summed E-state index contributed by atoms with van der Waals surface area (Å²) >= 11 is 0. The van der Waals surface area contributed by atoms with Crippen LogP contribution in [0.5, 0.6) is 11.5 Å². The minimum Gasteiger partial charge on any atom is -0.457 e. The van der Waals surface area contributed by atoms with E-state index in [-0.39, 0.29) is 17.8 Å². The van der Waals surface area contributed by atoms with Crippen molar-refractivity contribution in [3.05, 3.63) is 83.2 Å². The SMILES string of the molecule is COC(C)Cc1ccc(C(=O)Nc2cccc(Oc3cccc(C(F)(F)F)c3)c2)c(C)n1. The number of rotatable bonds is 7. The molecular formula is C24H23F3N2O3. The van der Waals surface area contributed by atoms with Gasteiger partial charge in [-0.25, -0.2) is 0 Å². The van der Waals surface area contributed by atoms with E-state index >= 15 is 0 Å². The summed E-state index contributed by atoms with van der Waals surface area (Å²) in [6.45, 7) is 3.69. The molecule has 168 valence electrons. The zero-order chi connectivity index (χ0) is 23.3. The molecule has 1 N–H and O–H groups in total. The number of amides is 1. The number of pyridine rings is 1. The van der Waals surface area contributed by atoms with Gasteiger partial charge in [0.25, 0.3) is 5.91 Å². The summed E-state index contributed by atoms with van der Waals surface area (Å²) in [5.74, 6) is -0.0114. The lowest BCUT2D eigenvalue weighted by Gasteiger charge is -2.13. The predicted octanol–water partition coefficient (Wildman–Crippen LogP) is 6.03. The second kappa shape index (κ2) is 9.82. The molecule has 0 aliphatic heterocycles. The Balaban J connectivity index is 1.72. The molecule has 0 radical (unpaired) electrons. The molecule has 8 heteroatoms. The summed E-state index contributed by atoms with van der Waals surface area (Å²) in [5.41, 5.74) is 1.47. The maximum atomic E-state index is 12.9. The van der Waals surface area contributed by atoms with E-state index in [2.05, 4.69) is 10.3 Å². The Kier molecular flexibility index (Phi) is 7.15. The van der Waals surface area contributed by atoms with Gasteiger partial charge in [0.15, 0.2) is 0 Å². The molecular weight excluding hydrogens is 421 g/mol. The van der Waals surface area contributed by atoms with Gasteiger partial charge in [0, 0.05) is 31.0 Å². The molecule has 3 aromatic rings. The molecule has 32 heavy (non-hydrogen) atoms. The molecule has 0 bridgehead atoms. The quantitative estimate of drug-likeness (QED) is 0.483. The van der Waals surface area contributed by atoms with Crippen molar-refractivity contribution < 1.29 is 27.4 Å². The smallest absolute Gasteiger partial charge is 0.416 e. The van der Waals surface area contributed by atoms with E-state index in [1.54, 1.807) is 44.4 Å². The number of benzene rings is 2. The Labute approximate surface area is 184 Å². The molecule has 1 unspecified atom stereocenters. The van der Waals surface area contributed by atoms with Gasteiger partial charge >= 0.3 is 6.18 Å². The molecule has 1 aromatic heterocycles. The van der Waals surface area contributed by atoms with E-state index in [1.807, 2.05) is 6.92 Å².